The molecule has 166 valence electrons. The van der Waals surface area contributed by atoms with E-state index in [2.05, 4.69) is 11.8 Å². The van der Waals surface area contributed by atoms with E-state index in [9.17, 15) is 9.59 Å². The maximum atomic E-state index is 12.0. The first-order valence-corrected chi connectivity index (χ1v) is 11.8. The van der Waals surface area contributed by atoms with E-state index < -0.39 is 12.4 Å². The Morgan fingerprint density at radius 2 is 2.06 bits per heavy atom. The summed E-state index contributed by atoms with van der Waals surface area (Å²) in [6.45, 7) is 6.28. The summed E-state index contributed by atoms with van der Waals surface area (Å²) >= 11 is 1.57. The average Bonchev–Trinajstić information content (AvgIpc) is 3.36. The first kappa shape index (κ1) is 21.8. The van der Waals surface area contributed by atoms with Crippen LogP contribution >= 0.6 is 11.3 Å². The molecule has 0 aliphatic carbocycles. The van der Waals surface area contributed by atoms with Crippen molar-refractivity contribution >= 4 is 23.2 Å². The number of benzene rings is 1. The van der Waals surface area contributed by atoms with Gasteiger partial charge in [0.25, 0.3) is 0 Å². The van der Waals surface area contributed by atoms with Crippen LogP contribution < -0.4 is 4.74 Å². The Hall–Kier alpha value is -2.45. The zero-order valence-electron chi connectivity index (χ0n) is 17.9. The van der Waals surface area contributed by atoms with E-state index in [4.69, 9.17) is 14.8 Å². The lowest BCUT2D eigenvalue weighted by atomic mass is 10.1. The number of carboxylic acid groups (broad SMARTS) is 1. The topological polar surface area (TPSA) is 83.0 Å². The Labute approximate surface area is 186 Å². The molecule has 0 spiro atoms. The third-order valence-electron chi connectivity index (χ3n) is 6.04. The molecule has 0 saturated carbocycles. The van der Waals surface area contributed by atoms with Crippen LogP contribution in [-0.4, -0.2) is 64.0 Å². The molecule has 2 aliphatic rings. The standard InChI is InChI=1S/C23H29N3O4S/c1-16-4-2-10-25(16)11-3-13-30-18-7-5-17(6-8-18)23-24-19-9-12-26(15-20(19)31-23)21(27)14-22(28)29/h5-8,16H,2-4,9-15H2,1H3,(H,28,29). The van der Waals surface area contributed by atoms with Gasteiger partial charge in [0, 0.05) is 36.0 Å². The number of ether oxygens (including phenoxy) is 1. The SMILES string of the molecule is CC1CCCN1CCCOc1ccc(-c2nc3c(s2)CN(C(=O)CC(=O)O)CC3)cc1. The summed E-state index contributed by atoms with van der Waals surface area (Å²) in [5.74, 6) is -0.563. The second kappa shape index (κ2) is 9.78. The summed E-state index contributed by atoms with van der Waals surface area (Å²) in [6.07, 6.45) is 3.84. The number of carboxylic acids is 1. The van der Waals surface area contributed by atoms with Crippen molar-refractivity contribution < 1.29 is 19.4 Å². The molecule has 1 aromatic heterocycles. The van der Waals surface area contributed by atoms with Gasteiger partial charge in [-0.15, -0.1) is 11.3 Å². The zero-order chi connectivity index (χ0) is 21.8. The van der Waals surface area contributed by atoms with Crippen LogP contribution in [0.15, 0.2) is 24.3 Å². The molecular weight excluding hydrogens is 414 g/mol. The average molecular weight is 444 g/mol. The molecule has 4 rings (SSSR count). The van der Waals surface area contributed by atoms with Gasteiger partial charge in [0.15, 0.2) is 0 Å². The first-order valence-electron chi connectivity index (χ1n) is 10.9. The van der Waals surface area contributed by atoms with Gasteiger partial charge in [-0.2, -0.15) is 0 Å². The maximum Gasteiger partial charge on any atom is 0.312 e. The van der Waals surface area contributed by atoms with Gasteiger partial charge >= 0.3 is 5.97 Å². The van der Waals surface area contributed by atoms with Gasteiger partial charge in [-0.05, 0) is 57.0 Å². The molecule has 1 aromatic carbocycles. The highest BCUT2D eigenvalue weighted by Crippen LogP contribution is 2.32. The molecule has 1 unspecified atom stereocenters. The predicted octanol–water partition coefficient (Wildman–Crippen LogP) is 3.42. The molecule has 0 bridgehead atoms. The monoisotopic (exact) mass is 443 g/mol. The third kappa shape index (κ3) is 5.43. The first-order chi connectivity index (χ1) is 15.0. The van der Waals surface area contributed by atoms with Gasteiger partial charge in [-0.25, -0.2) is 4.98 Å². The molecule has 31 heavy (non-hydrogen) atoms. The molecule has 7 nitrogen and oxygen atoms in total. The van der Waals surface area contributed by atoms with Crippen LogP contribution in [0.2, 0.25) is 0 Å². The molecular formula is C23H29N3O4S. The number of likely N-dealkylation sites (tertiary alicyclic amines) is 1. The van der Waals surface area contributed by atoms with Gasteiger partial charge in [0.05, 0.1) is 18.8 Å². The fourth-order valence-corrected chi connectivity index (χ4v) is 5.38. The number of aromatic nitrogens is 1. The van der Waals surface area contributed by atoms with Gasteiger partial charge in [0.2, 0.25) is 5.91 Å². The van der Waals surface area contributed by atoms with Crippen LogP contribution in [0.5, 0.6) is 5.75 Å². The highest BCUT2D eigenvalue weighted by molar-refractivity contribution is 7.15. The molecule has 8 heteroatoms. The van der Waals surface area contributed by atoms with E-state index in [1.54, 1.807) is 16.2 Å². The second-order valence-electron chi connectivity index (χ2n) is 8.28. The number of amides is 1. The number of thiazole rings is 1. The lowest BCUT2D eigenvalue weighted by Gasteiger charge is -2.25. The molecule has 1 N–H and O–H groups in total. The van der Waals surface area contributed by atoms with Crippen molar-refractivity contribution in [2.75, 3.05) is 26.2 Å². The maximum absolute atomic E-state index is 12.0. The third-order valence-corrected chi connectivity index (χ3v) is 7.17. The molecule has 2 aliphatic heterocycles. The Bertz CT molecular complexity index is 927. The fraction of sp³-hybridized carbons (Fsp3) is 0.522. The minimum Gasteiger partial charge on any atom is -0.494 e. The predicted molar refractivity (Wildman–Crippen MR) is 119 cm³/mol. The summed E-state index contributed by atoms with van der Waals surface area (Å²) in [5.41, 5.74) is 2.04. The number of aliphatic carboxylic acids is 1. The van der Waals surface area contributed by atoms with Gasteiger partial charge in [0.1, 0.15) is 17.2 Å². The summed E-state index contributed by atoms with van der Waals surface area (Å²) in [4.78, 5) is 32.8. The summed E-state index contributed by atoms with van der Waals surface area (Å²) in [5, 5.41) is 9.77. The van der Waals surface area contributed by atoms with Crippen molar-refractivity contribution in [2.45, 2.75) is 51.6 Å². The van der Waals surface area contributed by atoms with Crippen molar-refractivity contribution in [3.63, 3.8) is 0 Å². The summed E-state index contributed by atoms with van der Waals surface area (Å²) in [6, 6.07) is 8.71. The van der Waals surface area contributed by atoms with Gasteiger partial charge in [-0.1, -0.05) is 0 Å². The van der Waals surface area contributed by atoms with Crippen molar-refractivity contribution in [1.82, 2.24) is 14.8 Å². The summed E-state index contributed by atoms with van der Waals surface area (Å²) < 4.78 is 5.91. The van der Waals surface area contributed by atoms with E-state index in [1.807, 2.05) is 24.3 Å². The molecule has 2 aromatic rings. The molecule has 1 atom stereocenters. The van der Waals surface area contributed by atoms with Gasteiger partial charge in [-0.3, -0.25) is 9.59 Å². The van der Waals surface area contributed by atoms with Crippen LogP contribution in [0.4, 0.5) is 0 Å². The van der Waals surface area contributed by atoms with Crippen LogP contribution in [0.3, 0.4) is 0 Å². The highest BCUT2D eigenvalue weighted by Gasteiger charge is 2.25. The highest BCUT2D eigenvalue weighted by atomic mass is 32.1. The van der Waals surface area contributed by atoms with Crippen LogP contribution in [0, 0.1) is 0 Å². The molecule has 0 radical (unpaired) electrons. The minimum absolute atomic E-state index is 0.339. The van der Waals surface area contributed by atoms with Gasteiger partial charge < -0.3 is 19.6 Å². The number of fused-ring (bicyclic) bond motifs is 1. The lowest BCUT2D eigenvalue weighted by molar-refractivity contribution is -0.144. The zero-order valence-corrected chi connectivity index (χ0v) is 18.7. The second-order valence-corrected chi connectivity index (χ2v) is 9.36. The number of rotatable bonds is 8. The number of hydrogen-bond acceptors (Lipinski definition) is 6. The Balaban J connectivity index is 1.30. The number of nitrogens with zero attached hydrogens (tertiary/aromatic N) is 3. The summed E-state index contributed by atoms with van der Waals surface area (Å²) in [7, 11) is 0. The smallest absolute Gasteiger partial charge is 0.312 e. The normalized spacial score (nSPS) is 18.7. The van der Waals surface area contributed by atoms with E-state index in [0.29, 0.717) is 32.2 Å². The molecule has 3 heterocycles. The number of carbonyl (C=O) groups excluding carboxylic acids is 1. The van der Waals surface area contributed by atoms with E-state index in [1.165, 1.54) is 19.4 Å². The number of hydrogen-bond donors (Lipinski definition) is 1. The van der Waals surface area contributed by atoms with E-state index >= 15 is 0 Å². The van der Waals surface area contributed by atoms with Crippen LogP contribution in [0.1, 0.15) is 43.2 Å². The van der Waals surface area contributed by atoms with E-state index in [-0.39, 0.29) is 5.91 Å². The molecule has 1 fully saturated rings. The van der Waals surface area contributed by atoms with E-state index in [0.717, 1.165) is 39.9 Å². The fourth-order valence-electron chi connectivity index (χ4n) is 4.25. The van der Waals surface area contributed by atoms with Crippen molar-refractivity contribution in [1.29, 1.82) is 0 Å². The molecule has 1 saturated heterocycles. The Kier molecular flexibility index (Phi) is 6.87. The Morgan fingerprint density at radius 3 is 2.77 bits per heavy atom. The largest absolute Gasteiger partial charge is 0.494 e. The van der Waals surface area contributed by atoms with Crippen molar-refractivity contribution in [2.24, 2.45) is 0 Å². The number of carbonyl (C=O) groups is 2. The minimum atomic E-state index is -1.09. The van der Waals surface area contributed by atoms with Crippen LogP contribution in [0.25, 0.3) is 10.6 Å². The lowest BCUT2D eigenvalue weighted by Crippen LogP contribution is -2.36. The Morgan fingerprint density at radius 1 is 1.26 bits per heavy atom. The van der Waals surface area contributed by atoms with Crippen LogP contribution in [-0.2, 0) is 22.6 Å². The quantitative estimate of drug-likeness (QED) is 0.497. The van der Waals surface area contributed by atoms with Crippen molar-refractivity contribution in [3.8, 4) is 16.3 Å². The van der Waals surface area contributed by atoms with Crippen molar-refractivity contribution in [3.05, 3.63) is 34.8 Å². The molecule has 1 amide bonds.